The third kappa shape index (κ3) is 6.03. The summed E-state index contributed by atoms with van der Waals surface area (Å²) < 4.78 is 288. The van der Waals surface area contributed by atoms with Crippen LogP contribution in [0.5, 0.6) is 0 Å². The SMILES string of the molecule is N.N.O=P(O)(O)OCCC(F)(F)C(F)(F)C(F)(F)C(F)(F)C(F)(F)C(F)(F)C(F)(F)C(F)(F)C(F)(F)C(F)(F)F. The molecule has 0 aliphatic heterocycles. The van der Waals surface area contributed by atoms with Crippen molar-refractivity contribution in [1.82, 2.24) is 12.3 Å². The first-order valence-electron chi connectivity index (χ1n) is 8.13. The molecule has 0 unspecified atom stereocenters. The van der Waals surface area contributed by atoms with Crippen molar-refractivity contribution < 1.29 is 111 Å². The van der Waals surface area contributed by atoms with Crippen LogP contribution in [0.25, 0.3) is 0 Å². The summed E-state index contributed by atoms with van der Waals surface area (Å²) in [5.74, 6) is -78.1. The molecule has 0 aliphatic carbocycles. The summed E-state index contributed by atoms with van der Waals surface area (Å²) in [5, 5.41) is 0. The van der Waals surface area contributed by atoms with E-state index in [2.05, 4.69) is 4.52 Å². The van der Waals surface area contributed by atoms with E-state index in [1.165, 1.54) is 0 Å². The summed E-state index contributed by atoms with van der Waals surface area (Å²) >= 11 is 0. The molecule has 0 bridgehead atoms. The van der Waals surface area contributed by atoms with Crippen LogP contribution in [0, 0.1) is 0 Å². The van der Waals surface area contributed by atoms with E-state index in [4.69, 9.17) is 9.79 Å². The van der Waals surface area contributed by atoms with Gasteiger partial charge in [-0.2, -0.15) is 92.2 Å². The highest BCUT2D eigenvalue weighted by molar-refractivity contribution is 7.46. The second-order valence-electron chi connectivity index (χ2n) is 6.87. The summed E-state index contributed by atoms with van der Waals surface area (Å²) in [6, 6.07) is 0. The van der Waals surface area contributed by atoms with Gasteiger partial charge in [-0.05, 0) is 0 Å². The first-order valence-corrected chi connectivity index (χ1v) is 9.66. The molecule has 0 rings (SSSR count). The minimum Gasteiger partial charge on any atom is -0.344 e. The Hall–Kier alpha value is -1.44. The number of phosphoric ester groups is 1. The van der Waals surface area contributed by atoms with E-state index in [9.17, 15) is 96.8 Å². The highest BCUT2D eigenvalue weighted by Gasteiger charge is 2.97. The Morgan fingerprint density at radius 2 is 0.675 bits per heavy atom. The molecule has 0 aromatic heterocycles. The van der Waals surface area contributed by atoms with Crippen molar-refractivity contribution in [1.29, 1.82) is 0 Å². The van der Waals surface area contributed by atoms with Gasteiger partial charge >= 0.3 is 67.3 Å². The summed E-state index contributed by atoms with van der Waals surface area (Å²) in [4.78, 5) is 16.2. The molecule has 0 radical (unpaired) electrons. The van der Waals surface area contributed by atoms with Gasteiger partial charge in [0.1, 0.15) is 0 Å². The molecule has 0 heterocycles. The molecule has 0 atom stereocenters. The van der Waals surface area contributed by atoms with Crippen molar-refractivity contribution in [2.45, 2.75) is 65.9 Å². The first-order chi connectivity index (χ1) is 16.0. The highest BCUT2D eigenvalue weighted by Crippen LogP contribution is 2.66. The number of phosphoric acid groups is 1. The second-order valence-corrected chi connectivity index (χ2v) is 8.11. The van der Waals surface area contributed by atoms with E-state index < -0.39 is 80.3 Å². The van der Waals surface area contributed by atoms with Crippen LogP contribution in [0.2, 0.25) is 0 Å². The lowest BCUT2D eigenvalue weighted by atomic mass is 9.86. The number of hydrogen-bond acceptors (Lipinski definition) is 4. The van der Waals surface area contributed by atoms with Gasteiger partial charge in [0, 0.05) is 6.42 Å². The predicted molar refractivity (Wildman–Crippen MR) is 83.2 cm³/mol. The van der Waals surface area contributed by atoms with Crippen molar-refractivity contribution in [2.75, 3.05) is 6.61 Å². The summed E-state index contributed by atoms with van der Waals surface area (Å²) in [6.45, 7) is -2.52. The fourth-order valence-corrected chi connectivity index (χ4v) is 2.37. The van der Waals surface area contributed by atoms with Crippen LogP contribution < -0.4 is 12.3 Å². The van der Waals surface area contributed by atoms with Gasteiger partial charge in [0.05, 0.1) is 6.61 Å². The van der Waals surface area contributed by atoms with Crippen molar-refractivity contribution in [3.63, 3.8) is 0 Å². The minimum atomic E-state index is -9.26. The largest absolute Gasteiger partial charge is 0.469 e. The van der Waals surface area contributed by atoms with Crippen LogP contribution in [0.1, 0.15) is 6.42 Å². The Morgan fingerprint density at radius 1 is 0.450 bits per heavy atom. The van der Waals surface area contributed by atoms with Crippen LogP contribution in [0.4, 0.5) is 92.2 Å². The van der Waals surface area contributed by atoms with Gasteiger partial charge in [-0.1, -0.05) is 0 Å². The molecule has 0 aromatic carbocycles. The Bertz CT molecular complexity index is 914. The van der Waals surface area contributed by atoms with E-state index in [0.717, 1.165) is 0 Å². The van der Waals surface area contributed by atoms with Crippen LogP contribution in [-0.4, -0.2) is 75.9 Å². The number of rotatable bonds is 12. The topological polar surface area (TPSA) is 137 Å². The molecule has 28 heteroatoms. The van der Waals surface area contributed by atoms with Crippen molar-refractivity contribution in [3.8, 4) is 0 Å². The molecule has 0 saturated heterocycles. The molecule has 0 aliphatic rings. The standard InChI is InChI=1S/C12H6F21O4P.2H3N/c13-3(14,1-2-37-38(34,35)36)4(15,16)5(17,18)6(19,20)7(21,22)8(23,24)9(25,26)10(27,28)11(29,30)12(31,32)33;;/h1-2H2,(H2,34,35,36);2*1H3. The Morgan fingerprint density at radius 3 is 0.900 bits per heavy atom. The lowest BCUT2D eigenvalue weighted by molar-refractivity contribution is -0.474. The average Bonchev–Trinajstić information content (AvgIpc) is 2.64. The number of halogens is 21. The minimum absolute atomic E-state index is 0. The van der Waals surface area contributed by atoms with Crippen LogP contribution in [-0.2, 0) is 9.09 Å². The fraction of sp³-hybridized carbons (Fsp3) is 1.00. The van der Waals surface area contributed by atoms with E-state index >= 15 is 0 Å². The van der Waals surface area contributed by atoms with Crippen LogP contribution in [0.3, 0.4) is 0 Å². The molecule has 0 saturated carbocycles. The van der Waals surface area contributed by atoms with Gasteiger partial charge in [-0.3, -0.25) is 4.52 Å². The smallest absolute Gasteiger partial charge is 0.344 e. The maximum Gasteiger partial charge on any atom is 0.469 e. The quantitative estimate of drug-likeness (QED) is 0.129. The van der Waals surface area contributed by atoms with Gasteiger partial charge in [0.2, 0.25) is 0 Å². The van der Waals surface area contributed by atoms with E-state index in [1.807, 2.05) is 0 Å². The zero-order valence-corrected chi connectivity index (χ0v) is 18.8. The lowest BCUT2D eigenvalue weighted by Gasteiger charge is -2.44. The Balaban J connectivity index is -0.00000684. The molecule has 0 aromatic rings. The lowest BCUT2D eigenvalue weighted by Crippen LogP contribution is -2.76. The van der Waals surface area contributed by atoms with Crippen molar-refractivity contribution in [2.24, 2.45) is 0 Å². The fourth-order valence-electron chi connectivity index (χ4n) is 2.04. The predicted octanol–water partition coefficient (Wildman–Crippen LogP) is 7.09. The first kappa shape index (κ1) is 43.0. The molecule has 246 valence electrons. The van der Waals surface area contributed by atoms with Crippen LogP contribution in [0.15, 0.2) is 0 Å². The second kappa shape index (κ2) is 11.0. The van der Waals surface area contributed by atoms with Gasteiger partial charge < -0.3 is 22.1 Å². The van der Waals surface area contributed by atoms with E-state index in [0.29, 0.717) is 0 Å². The Labute approximate surface area is 205 Å². The van der Waals surface area contributed by atoms with Gasteiger partial charge in [0.15, 0.2) is 0 Å². The average molecular weight is 678 g/mol. The third-order valence-corrected chi connectivity index (χ3v) is 4.77. The monoisotopic (exact) mass is 678 g/mol. The highest BCUT2D eigenvalue weighted by atomic mass is 31.2. The number of alkyl halides is 21. The summed E-state index contributed by atoms with van der Waals surface area (Å²) in [5.41, 5.74) is 0. The molecule has 0 amide bonds. The molecule has 40 heavy (non-hydrogen) atoms. The van der Waals surface area contributed by atoms with E-state index in [-0.39, 0.29) is 12.3 Å². The van der Waals surface area contributed by atoms with E-state index in [1.54, 1.807) is 0 Å². The maximum absolute atomic E-state index is 13.5. The van der Waals surface area contributed by atoms with Gasteiger partial charge in [-0.25, -0.2) is 4.57 Å². The van der Waals surface area contributed by atoms with Gasteiger partial charge in [-0.15, -0.1) is 0 Å². The zero-order chi connectivity index (χ0) is 31.6. The third-order valence-electron chi connectivity index (χ3n) is 4.25. The maximum atomic E-state index is 13.5. The van der Waals surface area contributed by atoms with Gasteiger partial charge in [0.25, 0.3) is 0 Å². The van der Waals surface area contributed by atoms with Crippen molar-refractivity contribution in [3.05, 3.63) is 0 Å². The molecular formula is C12H12F21N2O4P. The molecule has 8 N–H and O–H groups in total. The molecule has 0 spiro atoms. The molecule has 0 fully saturated rings. The molecular weight excluding hydrogens is 666 g/mol. The summed E-state index contributed by atoms with van der Waals surface area (Å²) in [6.07, 6.45) is -11.3. The number of hydrogen-bond donors (Lipinski definition) is 4. The zero-order valence-electron chi connectivity index (χ0n) is 17.9. The molecule has 6 nitrogen and oxygen atoms in total. The van der Waals surface area contributed by atoms with Crippen LogP contribution >= 0.6 is 7.82 Å². The normalized spacial score (nSPS) is 15.9. The summed E-state index contributed by atoms with van der Waals surface area (Å²) in [7, 11) is -5.92. The Kier molecular flexibility index (Phi) is 11.8. The van der Waals surface area contributed by atoms with Crippen molar-refractivity contribution >= 4 is 7.82 Å².